The van der Waals surface area contributed by atoms with Gasteiger partial charge in [-0.2, -0.15) is 0 Å². The van der Waals surface area contributed by atoms with Crippen LogP contribution < -0.4 is 12.4 Å². The van der Waals surface area contributed by atoms with Gasteiger partial charge in [0.15, 0.2) is 6.10 Å². The number of hydrogen-bond donors (Lipinski definition) is 1. The van der Waals surface area contributed by atoms with Crippen LogP contribution in [0.4, 0.5) is 0 Å². The van der Waals surface area contributed by atoms with Crippen LogP contribution in [-0.4, -0.2) is 21.1 Å². The number of pyridine rings is 1. The lowest BCUT2D eigenvalue weighted by Gasteiger charge is -2.10. The minimum absolute atomic E-state index is 0. The lowest BCUT2D eigenvalue weighted by molar-refractivity contribution is -0.531. The molecule has 1 aromatic rings. The molecule has 0 saturated carbocycles. The molecule has 0 amide bonds. The van der Waals surface area contributed by atoms with Gasteiger partial charge < -0.3 is 17.5 Å². The number of rotatable bonds is 3. The molecule has 0 radical (unpaired) electrons. The maximum Gasteiger partial charge on any atom is 0.241 e. The summed E-state index contributed by atoms with van der Waals surface area (Å²) in [5.74, 6) is 0. The zero-order valence-electron chi connectivity index (χ0n) is 7.50. The highest BCUT2D eigenvalue weighted by Crippen LogP contribution is 2.15. The van der Waals surface area contributed by atoms with Gasteiger partial charge in [-0.1, -0.05) is 6.07 Å². The van der Waals surface area contributed by atoms with Crippen LogP contribution in [0.15, 0.2) is 24.4 Å². The summed E-state index contributed by atoms with van der Waals surface area (Å²) >= 11 is 0. The molecule has 2 unspecified atom stereocenters. The van der Waals surface area contributed by atoms with Gasteiger partial charge >= 0.3 is 0 Å². The Morgan fingerprint density at radius 2 is 2.21 bits per heavy atom. The molecule has 1 heterocycles. The Bertz CT molecular complexity index is 294. The normalized spacial score (nSPS) is 13.9. The second-order valence-electron chi connectivity index (χ2n) is 2.73. The van der Waals surface area contributed by atoms with Gasteiger partial charge in [0, 0.05) is 18.0 Å². The highest BCUT2D eigenvalue weighted by molar-refractivity contribution is 5.07. The Morgan fingerprint density at radius 3 is 2.64 bits per heavy atom. The Labute approximate surface area is 87.3 Å². The van der Waals surface area contributed by atoms with Crippen molar-refractivity contribution in [1.29, 1.82) is 0 Å². The van der Waals surface area contributed by atoms with E-state index >= 15 is 0 Å². The van der Waals surface area contributed by atoms with E-state index in [0.717, 1.165) is 0 Å². The summed E-state index contributed by atoms with van der Waals surface area (Å²) in [7, 11) is 0. The molecule has 0 fully saturated rings. The summed E-state index contributed by atoms with van der Waals surface area (Å²) in [6.45, 7) is 1.35. The van der Waals surface area contributed by atoms with E-state index in [1.165, 1.54) is 13.1 Å². The van der Waals surface area contributed by atoms with Crippen molar-refractivity contribution in [3.8, 4) is 0 Å². The number of nitro groups is 1. The summed E-state index contributed by atoms with van der Waals surface area (Å²) in [6.07, 6.45) is 0.349. The summed E-state index contributed by atoms with van der Waals surface area (Å²) in [5.41, 5.74) is 0.326. The lowest BCUT2D eigenvalue weighted by Crippen LogP contribution is -3.00. The topological polar surface area (TPSA) is 76.3 Å². The SMILES string of the molecule is CC(C(O)c1ccccn1)[N+](=O)[O-].[Cl-]. The van der Waals surface area contributed by atoms with Gasteiger partial charge in [-0.25, -0.2) is 0 Å². The van der Waals surface area contributed by atoms with E-state index in [4.69, 9.17) is 0 Å². The molecule has 1 aromatic heterocycles. The van der Waals surface area contributed by atoms with E-state index in [9.17, 15) is 15.2 Å². The molecule has 0 aliphatic heterocycles. The molecule has 0 aliphatic carbocycles. The first-order valence-electron chi connectivity index (χ1n) is 3.85. The number of hydrogen-bond acceptors (Lipinski definition) is 4. The van der Waals surface area contributed by atoms with Crippen LogP contribution >= 0.6 is 0 Å². The van der Waals surface area contributed by atoms with E-state index < -0.39 is 17.1 Å². The van der Waals surface area contributed by atoms with Crippen molar-refractivity contribution in [2.75, 3.05) is 0 Å². The summed E-state index contributed by atoms with van der Waals surface area (Å²) < 4.78 is 0. The van der Waals surface area contributed by atoms with E-state index in [1.807, 2.05) is 0 Å². The van der Waals surface area contributed by atoms with Crippen molar-refractivity contribution < 1.29 is 22.4 Å². The molecule has 1 rings (SSSR count). The average molecular weight is 218 g/mol. The maximum absolute atomic E-state index is 10.3. The third-order valence-corrected chi connectivity index (χ3v) is 1.78. The Balaban J connectivity index is 0.00000169. The quantitative estimate of drug-likeness (QED) is 0.460. The van der Waals surface area contributed by atoms with Crippen LogP contribution in [0.1, 0.15) is 18.7 Å². The number of nitrogens with zero attached hydrogens (tertiary/aromatic N) is 2. The largest absolute Gasteiger partial charge is 1.00 e. The number of aliphatic hydroxyl groups excluding tert-OH is 1. The zero-order valence-corrected chi connectivity index (χ0v) is 8.26. The van der Waals surface area contributed by atoms with Crippen LogP contribution in [0.2, 0.25) is 0 Å². The highest BCUT2D eigenvalue weighted by atomic mass is 35.5. The Kier molecular flexibility index (Phi) is 5.04. The van der Waals surface area contributed by atoms with Gasteiger partial charge in [-0.05, 0) is 12.1 Å². The molecule has 2 atom stereocenters. The average Bonchev–Trinajstić information content (AvgIpc) is 2.17. The van der Waals surface area contributed by atoms with Gasteiger partial charge in [0.05, 0.1) is 5.69 Å². The van der Waals surface area contributed by atoms with Crippen molar-refractivity contribution in [3.63, 3.8) is 0 Å². The van der Waals surface area contributed by atoms with Crippen LogP contribution in [0, 0.1) is 10.1 Å². The van der Waals surface area contributed by atoms with E-state index in [1.54, 1.807) is 18.2 Å². The third-order valence-electron chi connectivity index (χ3n) is 1.78. The smallest absolute Gasteiger partial charge is 0.241 e. The predicted molar refractivity (Wildman–Crippen MR) is 45.7 cm³/mol. The monoisotopic (exact) mass is 217 g/mol. The first-order valence-corrected chi connectivity index (χ1v) is 3.85. The summed E-state index contributed by atoms with van der Waals surface area (Å²) in [5, 5.41) is 19.8. The molecular formula is C8H10ClN2O3-. The van der Waals surface area contributed by atoms with Crippen LogP contribution in [0.5, 0.6) is 0 Å². The number of aliphatic hydroxyl groups is 1. The number of aromatic nitrogens is 1. The molecule has 14 heavy (non-hydrogen) atoms. The fourth-order valence-electron chi connectivity index (χ4n) is 0.913. The molecule has 0 aromatic carbocycles. The second-order valence-corrected chi connectivity index (χ2v) is 2.73. The summed E-state index contributed by atoms with van der Waals surface area (Å²) in [6, 6.07) is 3.89. The van der Waals surface area contributed by atoms with Crippen molar-refractivity contribution in [3.05, 3.63) is 40.2 Å². The highest BCUT2D eigenvalue weighted by Gasteiger charge is 2.26. The van der Waals surface area contributed by atoms with Crippen LogP contribution in [0.25, 0.3) is 0 Å². The van der Waals surface area contributed by atoms with Crippen molar-refractivity contribution in [2.24, 2.45) is 0 Å². The predicted octanol–water partition coefficient (Wildman–Crippen LogP) is -2.22. The minimum Gasteiger partial charge on any atom is -1.00 e. The maximum atomic E-state index is 10.3. The summed E-state index contributed by atoms with van der Waals surface area (Å²) in [4.78, 5) is 13.6. The number of halogens is 1. The first kappa shape index (κ1) is 12.8. The first-order chi connectivity index (χ1) is 6.13. The molecule has 0 aliphatic rings. The van der Waals surface area contributed by atoms with Crippen LogP contribution in [0.3, 0.4) is 0 Å². The van der Waals surface area contributed by atoms with Gasteiger partial charge in [-0.3, -0.25) is 15.1 Å². The molecular weight excluding hydrogens is 208 g/mol. The van der Waals surface area contributed by atoms with Gasteiger partial charge in [0.25, 0.3) is 0 Å². The third kappa shape index (κ3) is 2.93. The van der Waals surface area contributed by atoms with E-state index in [0.29, 0.717) is 5.69 Å². The van der Waals surface area contributed by atoms with Gasteiger partial charge in [0.2, 0.25) is 6.04 Å². The fraction of sp³-hybridized carbons (Fsp3) is 0.375. The molecule has 6 heteroatoms. The molecule has 0 saturated heterocycles. The van der Waals surface area contributed by atoms with Gasteiger partial charge in [0.1, 0.15) is 0 Å². The molecule has 78 valence electrons. The molecule has 1 N–H and O–H groups in total. The Hall–Kier alpha value is -1.20. The molecule has 0 bridgehead atoms. The zero-order chi connectivity index (χ0) is 9.84. The van der Waals surface area contributed by atoms with Crippen LogP contribution in [-0.2, 0) is 0 Å². The fourth-order valence-corrected chi connectivity index (χ4v) is 0.913. The Morgan fingerprint density at radius 1 is 1.57 bits per heavy atom. The van der Waals surface area contributed by atoms with Crippen molar-refractivity contribution in [2.45, 2.75) is 19.1 Å². The van der Waals surface area contributed by atoms with E-state index in [-0.39, 0.29) is 12.4 Å². The van der Waals surface area contributed by atoms with Crippen molar-refractivity contribution in [1.82, 2.24) is 4.98 Å². The second kappa shape index (κ2) is 5.51. The molecule has 5 nitrogen and oxygen atoms in total. The van der Waals surface area contributed by atoms with Crippen molar-refractivity contribution >= 4 is 0 Å². The standard InChI is InChI=1S/C8H10N2O3.ClH/c1-6(10(12)13)8(11)7-4-2-3-5-9-7;/h2-6,8,11H,1H3;1H/p-1. The molecule has 0 spiro atoms. The van der Waals surface area contributed by atoms with E-state index in [2.05, 4.69) is 4.98 Å². The van der Waals surface area contributed by atoms with Gasteiger partial charge in [-0.15, -0.1) is 0 Å². The minimum atomic E-state index is -1.14. The lowest BCUT2D eigenvalue weighted by atomic mass is 10.1.